The molecular weight excluding hydrogens is 252 g/mol. The van der Waals surface area contributed by atoms with Gasteiger partial charge in [0, 0.05) is 24.8 Å². The van der Waals surface area contributed by atoms with Crippen molar-refractivity contribution in [2.45, 2.75) is 31.3 Å². The SMILES string of the molecule is CC(NC1(CN=C(N)N)CCOCC1)c1ccccc1. The zero-order chi connectivity index (χ0) is 14.4. The first kappa shape index (κ1) is 14.8. The Morgan fingerprint density at radius 1 is 1.30 bits per heavy atom. The Hall–Kier alpha value is -1.59. The van der Waals surface area contributed by atoms with E-state index in [1.165, 1.54) is 5.56 Å². The predicted molar refractivity (Wildman–Crippen MR) is 81.5 cm³/mol. The molecule has 0 aliphatic carbocycles. The second kappa shape index (κ2) is 6.72. The molecule has 0 radical (unpaired) electrons. The zero-order valence-electron chi connectivity index (χ0n) is 12.0. The summed E-state index contributed by atoms with van der Waals surface area (Å²) in [4.78, 5) is 4.22. The second-order valence-electron chi connectivity index (χ2n) is 5.41. The molecular formula is C15H24N4O. The van der Waals surface area contributed by atoms with E-state index in [0.29, 0.717) is 6.54 Å². The van der Waals surface area contributed by atoms with E-state index in [9.17, 15) is 0 Å². The maximum Gasteiger partial charge on any atom is 0.185 e. The lowest BCUT2D eigenvalue weighted by Gasteiger charge is -2.39. The Balaban J connectivity index is 2.09. The van der Waals surface area contributed by atoms with Gasteiger partial charge in [-0.25, -0.2) is 0 Å². The van der Waals surface area contributed by atoms with Gasteiger partial charge >= 0.3 is 0 Å². The van der Waals surface area contributed by atoms with Crippen molar-refractivity contribution >= 4 is 5.96 Å². The van der Waals surface area contributed by atoms with Gasteiger partial charge in [-0.1, -0.05) is 30.3 Å². The third-order valence-electron chi connectivity index (χ3n) is 3.84. The van der Waals surface area contributed by atoms with Crippen molar-refractivity contribution in [3.8, 4) is 0 Å². The first-order valence-corrected chi connectivity index (χ1v) is 7.07. The van der Waals surface area contributed by atoms with Gasteiger partial charge < -0.3 is 21.5 Å². The number of guanidine groups is 1. The van der Waals surface area contributed by atoms with Crippen LogP contribution in [-0.2, 0) is 4.74 Å². The number of hydrogen-bond donors (Lipinski definition) is 3. The second-order valence-corrected chi connectivity index (χ2v) is 5.41. The monoisotopic (exact) mass is 276 g/mol. The molecule has 5 nitrogen and oxygen atoms in total. The first-order chi connectivity index (χ1) is 9.61. The average molecular weight is 276 g/mol. The molecule has 1 heterocycles. The van der Waals surface area contributed by atoms with Gasteiger partial charge in [-0.2, -0.15) is 0 Å². The van der Waals surface area contributed by atoms with Gasteiger partial charge in [-0.05, 0) is 25.3 Å². The van der Waals surface area contributed by atoms with Gasteiger partial charge in [0.2, 0.25) is 0 Å². The van der Waals surface area contributed by atoms with E-state index in [-0.39, 0.29) is 17.5 Å². The van der Waals surface area contributed by atoms with E-state index < -0.39 is 0 Å². The molecule has 5 N–H and O–H groups in total. The van der Waals surface area contributed by atoms with Gasteiger partial charge in [0.1, 0.15) is 0 Å². The highest BCUT2D eigenvalue weighted by atomic mass is 16.5. The average Bonchev–Trinajstić information content (AvgIpc) is 2.47. The van der Waals surface area contributed by atoms with Crippen LogP contribution in [0.15, 0.2) is 35.3 Å². The van der Waals surface area contributed by atoms with Crippen molar-refractivity contribution in [3.05, 3.63) is 35.9 Å². The number of rotatable bonds is 5. The lowest BCUT2D eigenvalue weighted by atomic mass is 9.88. The number of benzene rings is 1. The highest BCUT2D eigenvalue weighted by molar-refractivity contribution is 5.75. The maximum absolute atomic E-state index is 5.48. The highest BCUT2D eigenvalue weighted by Gasteiger charge is 2.33. The summed E-state index contributed by atoms with van der Waals surface area (Å²) in [6.07, 6.45) is 1.84. The van der Waals surface area contributed by atoms with E-state index in [2.05, 4.69) is 41.5 Å². The van der Waals surface area contributed by atoms with Crippen LogP contribution in [0, 0.1) is 0 Å². The zero-order valence-corrected chi connectivity index (χ0v) is 12.0. The minimum atomic E-state index is -0.0858. The van der Waals surface area contributed by atoms with E-state index in [4.69, 9.17) is 16.2 Å². The predicted octanol–water partition coefficient (Wildman–Crippen LogP) is 1.16. The number of aliphatic imine (C=N–C) groups is 1. The van der Waals surface area contributed by atoms with Gasteiger partial charge in [0.25, 0.3) is 0 Å². The maximum atomic E-state index is 5.48. The third-order valence-corrected chi connectivity index (χ3v) is 3.84. The minimum absolute atomic E-state index is 0.0858. The fourth-order valence-electron chi connectivity index (χ4n) is 2.64. The van der Waals surface area contributed by atoms with Gasteiger partial charge in [0.15, 0.2) is 5.96 Å². The molecule has 0 amide bonds. The molecule has 1 aromatic rings. The summed E-state index contributed by atoms with van der Waals surface area (Å²) in [6, 6.07) is 10.7. The third kappa shape index (κ3) is 3.95. The molecule has 1 aromatic carbocycles. The summed E-state index contributed by atoms with van der Waals surface area (Å²) < 4.78 is 5.47. The van der Waals surface area contributed by atoms with Crippen molar-refractivity contribution in [3.63, 3.8) is 0 Å². The summed E-state index contributed by atoms with van der Waals surface area (Å²) in [7, 11) is 0. The van der Waals surface area contributed by atoms with Crippen LogP contribution in [0.2, 0.25) is 0 Å². The summed E-state index contributed by atoms with van der Waals surface area (Å²) in [6.45, 7) is 4.25. The van der Waals surface area contributed by atoms with E-state index in [1.54, 1.807) is 0 Å². The molecule has 1 aliphatic rings. The van der Waals surface area contributed by atoms with Gasteiger partial charge in [-0.15, -0.1) is 0 Å². The van der Waals surface area contributed by atoms with E-state index in [0.717, 1.165) is 26.1 Å². The summed E-state index contributed by atoms with van der Waals surface area (Å²) >= 11 is 0. The lowest BCUT2D eigenvalue weighted by molar-refractivity contribution is 0.0375. The summed E-state index contributed by atoms with van der Waals surface area (Å²) in [5, 5.41) is 3.71. The molecule has 1 unspecified atom stereocenters. The van der Waals surface area contributed by atoms with Crippen molar-refractivity contribution in [2.24, 2.45) is 16.5 Å². The van der Waals surface area contributed by atoms with E-state index >= 15 is 0 Å². The Kier molecular flexibility index (Phi) is 4.98. The first-order valence-electron chi connectivity index (χ1n) is 7.07. The fourth-order valence-corrected chi connectivity index (χ4v) is 2.64. The van der Waals surface area contributed by atoms with E-state index in [1.807, 2.05) is 6.07 Å². The number of ether oxygens (including phenoxy) is 1. The largest absolute Gasteiger partial charge is 0.381 e. The quantitative estimate of drug-likeness (QED) is 0.556. The number of hydrogen-bond acceptors (Lipinski definition) is 3. The Bertz CT molecular complexity index is 436. The molecule has 0 bridgehead atoms. The van der Waals surface area contributed by atoms with Crippen molar-refractivity contribution in [1.29, 1.82) is 0 Å². The molecule has 1 fully saturated rings. The van der Waals surface area contributed by atoms with Crippen molar-refractivity contribution in [1.82, 2.24) is 5.32 Å². The molecule has 110 valence electrons. The molecule has 20 heavy (non-hydrogen) atoms. The Labute approximate surface area is 120 Å². The normalized spacial score (nSPS) is 19.2. The highest BCUT2D eigenvalue weighted by Crippen LogP contribution is 2.25. The number of nitrogens with zero attached hydrogens (tertiary/aromatic N) is 1. The van der Waals surface area contributed by atoms with Crippen LogP contribution in [0.25, 0.3) is 0 Å². The Morgan fingerprint density at radius 3 is 2.55 bits per heavy atom. The van der Waals surface area contributed by atoms with Crippen LogP contribution >= 0.6 is 0 Å². The van der Waals surface area contributed by atoms with Crippen LogP contribution in [-0.4, -0.2) is 31.3 Å². The summed E-state index contributed by atoms with van der Waals surface area (Å²) in [5.41, 5.74) is 12.1. The number of nitrogens with one attached hydrogen (secondary N) is 1. The molecule has 0 saturated carbocycles. The molecule has 5 heteroatoms. The molecule has 0 spiro atoms. The van der Waals surface area contributed by atoms with Crippen LogP contribution in [0.5, 0.6) is 0 Å². The summed E-state index contributed by atoms with van der Waals surface area (Å²) in [5.74, 6) is 0.144. The molecule has 1 atom stereocenters. The van der Waals surface area contributed by atoms with Gasteiger partial charge in [-0.3, -0.25) is 4.99 Å². The smallest absolute Gasteiger partial charge is 0.185 e. The topological polar surface area (TPSA) is 85.7 Å². The van der Waals surface area contributed by atoms with Crippen molar-refractivity contribution in [2.75, 3.05) is 19.8 Å². The van der Waals surface area contributed by atoms with Crippen LogP contribution in [0.4, 0.5) is 0 Å². The van der Waals surface area contributed by atoms with Gasteiger partial charge in [0.05, 0.1) is 6.54 Å². The molecule has 2 rings (SSSR count). The molecule has 0 aromatic heterocycles. The van der Waals surface area contributed by atoms with Crippen LogP contribution in [0.3, 0.4) is 0 Å². The van der Waals surface area contributed by atoms with Crippen molar-refractivity contribution < 1.29 is 4.74 Å². The molecule has 1 saturated heterocycles. The van der Waals surface area contributed by atoms with Crippen LogP contribution in [0.1, 0.15) is 31.4 Å². The van der Waals surface area contributed by atoms with Crippen LogP contribution < -0.4 is 16.8 Å². The lowest BCUT2D eigenvalue weighted by Crippen LogP contribution is -2.53. The standard InChI is InChI=1S/C15H24N4O/c1-12(13-5-3-2-4-6-13)19-15(11-18-14(16)17)7-9-20-10-8-15/h2-6,12,19H,7-11H2,1H3,(H4,16,17,18). The molecule has 1 aliphatic heterocycles. The number of nitrogens with two attached hydrogens (primary N) is 2. The fraction of sp³-hybridized carbons (Fsp3) is 0.533. The minimum Gasteiger partial charge on any atom is -0.381 e. The Morgan fingerprint density at radius 2 is 1.95 bits per heavy atom.